The average Bonchev–Trinajstić information content (AvgIpc) is 2.86. The van der Waals surface area contributed by atoms with Crippen molar-refractivity contribution >= 4 is 21.6 Å². The van der Waals surface area contributed by atoms with Crippen LogP contribution in [0.3, 0.4) is 0 Å². The lowest BCUT2D eigenvalue weighted by Crippen LogP contribution is -2.37. The van der Waals surface area contributed by atoms with Crippen LogP contribution in [0, 0.1) is 0 Å². The molecule has 1 atom stereocenters. The number of halogens is 4. The van der Waals surface area contributed by atoms with Gasteiger partial charge in [0, 0.05) is 12.6 Å². The first-order valence-corrected chi connectivity index (χ1v) is 7.99. The zero-order valence-corrected chi connectivity index (χ0v) is 12.3. The van der Waals surface area contributed by atoms with Crippen molar-refractivity contribution in [2.45, 2.75) is 30.0 Å². The van der Waals surface area contributed by atoms with E-state index in [-0.39, 0.29) is 18.2 Å². The van der Waals surface area contributed by atoms with Gasteiger partial charge in [-0.1, -0.05) is 11.6 Å². The number of aliphatic hydroxyl groups excluding tert-OH is 1. The van der Waals surface area contributed by atoms with Crippen LogP contribution in [0.15, 0.2) is 23.1 Å². The van der Waals surface area contributed by atoms with Crippen LogP contribution >= 0.6 is 11.6 Å². The minimum Gasteiger partial charge on any atom is -0.395 e. The van der Waals surface area contributed by atoms with Crippen molar-refractivity contribution in [2.24, 2.45) is 0 Å². The zero-order chi connectivity index (χ0) is 15.8. The third kappa shape index (κ3) is 3.18. The highest BCUT2D eigenvalue weighted by molar-refractivity contribution is 7.89. The first-order chi connectivity index (χ1) is 9.67. The van der Waals surface area contributed by atoms with Gasteiger partial charge in [-0.2, -0.15) is 17.5 Å². The molecule has 1 N–H and O–H groups in total. The average molecular weight is 344 g/mol. The summed E-state index contributed by atoms with van der Waals surface area (Å²) in [7, 11) is -4.17. The fourth-order valence-corrected chi connectivity index (χ4v) is 4.50. The summed E-state index contributed by atoms with van der Waals surface area (Å²) in [5.41, 5.74) is -1.08. The molecule has 0 aromatic heterocycles. The van der Waals surface area contributed by atoms with Crippen molar-refractivity contribution < 1.29 is 26.7 Å². The van der Waals surface area contributed by atoms with E-state index >= 15 is 0 Å². The molecule has 1 aliphatic rings. The van der Waals surface area contributed by atoms with Crippen molar-refractivity contribution in [3.05, 3.63) is 28.8 Å². The second-order valence-corrected chi connectivity index (χ2v) is 7.00. The molecule has 1 aromatic rings. The maximum Gasteiger partial charge on any atom is 0.416 e. The number of hydrogen-bond acceptors (Lipinski definition) is 3. The lowest BCUT2D eigenvalue weighted by molar-refractivity contribution is -0.137. The van der Waals surface area contributed by atoms with Gasteiger partial charge in [0.25, 0.3) is 0 Å². The first-order valence-electron chi connectivity index (χ1n) is 6.17. The number of benzene rings is 1. The molecule has 9 heteroatoms. The molecule has 1 aliphatic heterocycles. The minimum atomic E-state index is -4.66. The number of hydrogen-bond donors (Lipinski definition) is 1. The minimum absolute atomic E-state index is 0.153. The number of sulfonamides is 1. The molecule has 0 amide bonds. The SMILES string of the molecule is O=S(=O)(c1cc(C(F)(F)F)ccc1Cl)N1CCC[C@H]1CO. The van der Waals surface area contributed by atoms with Crippen molar-refractivity contribution in [2.75, 3.05) is 13.2 Å². The highest BCUT2D eigenvalue weighted by atomic mass is 35.5. The van der Waals surface area contributed by atoms with Gasteiger partial charge in [-0.15, -0.1) is 0 Å². The first kappa shape index (κ1) is 16.5. The van der Waals surface area contributed by atoms with Crippen molar-refractivity contribution in [1.82, 2.24) is 4.31 Å². The molecule has 1 saturated heterocycles. The summed E-state index contributed by atoms with van der Waals surface area (Å²) in [6.45, 7) is -0.226. The Bertz CT molecular complexity index is 633. The van der Waals surface area contributed by atoms with Gasteiger partial charge in [-0.3, -0.25) is 0 Å². The van der Waals surface area contributed by atoms with Crippen molar-refractivity contribution in [1.29, 1.82) is 0 Å². The Balaban J connectivity index is 2.49. The van der Waals surface area contributed by atoms with Crippen LogP contribution < -0.4 is 0 Å². The number of aliphatic hydroxyl groups is 1. The maximum atomic E-state index is 12.7. The largest absolute Gasteiger partial charge is 0.416 e. The summed E-state index contributed by atoms with van der Waals surface area (Å²) in [4.78, 5) is -0.584. The normalized spacial score (nSPS) is 20.9. The van der Waals surface area contributed by atoms with Crippen LogP contribution in [-0.4, -0.2) is 37.0 Å². The second kappa shape index (κ2) is 5.75. The molecule has 4 nitrogen and oxygen atoms in total. The fourth-order valence-electron chi connectivity index (χ4n) is 2.31. The Morgan fingerprint density at radius 1 is 1.38 bits per heavy atom. The molecule has 21 heavy (non-hydrogen) atoms. The molecular formula is C12H13ClF3NO3S. The molecule has 1 aromatic carbocycles. The molecule has 1 heterocycles. The molecule has 118 valence electrons. The third-order valence-corrected chi connectivity index (χ3v) is 5.81. The monoisotopic (exact) mass is 343 g/mol. The molecule has 0 saturated carbocycles. The lowest BCUT2D eigenvalue weighted by atomic mass is 10.2. The summed E-state index contributed by atoms with van der Waals surface area (Å²) >= 11 is 5.76. The van der Waals surface area contributed by atoms with E-state index in [0.29, 0.717) is 18.9 Å². The smallest absolute Gasteiger partial charge is 0.395 e. The molecule has 0 bridgehead atoms. The van der Waals surface area contributed by atoms with Crippen LogP contribution in [0.4, 0.5) is 13.2 Å². The maximum absolute atomic E-state index is 12.7. The standard InChI is InChI=1S/C12H13ClF3NO3S/c13-10-4-3-8(12(14,15)16)6-11(10)21(19,20)17-5-1-2-9(17)7-18/h3-4,6,9,18H,1-2,5,7H2/t9-/m0/s1. The molecule has 0 aliphatic carbocycles. The third-order valence-electron chi connectivity index (χ3n) is 3.38. The molecule has 1 fully saturated rings. The predicted molar refractivity (Wildman–Crippen MR) is 70.5 cm³/mol. The van der Waals surface area contributed by atoms with Gasteiger partial charge in [-0.25, -0.2) is 8.42 Å². The predicted octanol–water partition coefficient (Wildman–Crippen LogP) is 2.50. The van der Waals surface area contributed by atoms with Gasteiger partial charge in [0.05, 0.1) is 17.2 Å². The Hall–Kier alpha value is -0.830. The van der Waals surface area contributed by atoms with E-state index in [1.54, 1.807) is 0 Å². The van der Waals surface area contributed by atoms with Crippen molar-refractivity contribution in [3.63, 3.8) is 0 Å². The van der Waals surface area contributed by atoms with E-state index in [1.165, 1.54) is 0 Å². The molecule has 2 rings (SSSR count). The van der Waals surface area contributed by atoms with Gasteiger partial charge in [0.2, 0.25) is 10.0 Å². The summed E-state index contributed by atoms with van der Waals surface area (Å²) < 4.78 is 64.1. The van der Waals surface area contributed by atoms with Crippen molar-refractivity contribution in [3.8, 4) is 0 Å². The summed E-state index contributed by atoms with van der Waals surface area (Å²) in [6.07, 6.45) is -3.65. The number of nitrogens with zero attached hydrogens (tertiary/aromatic N) is 1. The highest BCUT2D eigenvalue weighted by Crippen LogP contribution is 2.35. The topological polar surface area (TPSA) is 57.6 Å². The van der Waals surface area contributed by atoms with E-state index in [4.69, 9.17) is 11.6 Å². The van der Waals surface area contributed by atoms with Crippen LogP contribution in [0.2, 0.25) is 5.02 Å². The Morgan fingerprint density at radius 2 is 2.05 bits per heavy atom. The fraction of sp³-hybridized carbons (Fsp3) is 0.500. The van der Waals surface area contributed by atoms with Crippen LogP contribution in [0.5, 0.6) is 0 Å². The Kier molecular flexibility index (Phi) is 4.53. The summed E-state index contributed by atoms with van der Waals surface area (Å²) in [5.74, 6) is 0. The van der Waals surface area contributed by atoms with Gasteiger partial charge in [-0.05, 0) is 31.0 Å². The van der Waals surface area contributed by atoms with Crippen LogP contribution in [0.1, 0.15) is 18.4 Å². The molecule has 0 unspecified atom stereocenters. The molecular weight excluding hydrogens is 331 g/mol. The van der Waals surface area contributed by atoms with E-state index in [1.807, 2.05) is 0 Å². The van der Waals surface area contributed by atoms with Gasteiger partial charge in [0.15, 0.2) is 0 Å². The second-order valence-electron chi connectivity index (χ2n) is 4.74. The quantitative estimate of drug-likeness (QED) is 0.917. The van der Waals surface area contributed by atoms with E-state index in [0.717, 1.165) is 16.4 Å². The number of alkyl halides is 3. The van der Waals surface area contributed by atoms with E-state index in [2.05, 4.69) is 0 Å². The lowest BCUT2D eigenvalue weighted by Gasteiger charge is -2.23. The number of rotatable bonds is 3. The summed E-state index contributed by atoms with van der Waals surface area (Å²) in [6, 6.07) is 1.56. The van der Waals surface area contributed by atoms with Gasteiger partial charge >= 0.3 is 6.18 Å². The van der Waals surface area contributed by atoms with Crippen LogP contribution in [-0.2, 0) is 16.2 Å². The Morgan fingerprint density at radius 3 is 2.62 bits per heavy atom. The zero-order valence-electron chi connectivity index (χ0n) is 10.8. The Labute approximate surface area is 125 Å². The van der Waals surface area contributed by atoms with Gasteiger partial charge in [0.1, 0.15) is 4.90 Å². The summed E-state index contributed by atoms with van der Waals surface area (Å²) in [5, 5.41) is 8.91. The highest BCUT2D eigenvalue weighted by Gasteiger charge is 2.38. The van der Waals surface area contributed by atoms with Crippen LogP contribution in [0.25, 0.3) is 0 Å². The van der Waals surface area contributed by atoms with Gasteiger partial charge < -0.3 is 5.11 Å². The molecule has 0 spiro atoms. The van der Waals surface area contributed by atoms with E-state index < -0.39 is 32.7 Å². The van der Waals surface area contributed by atoms with E-state index in [9.17, 15) is 26.7 Å². The molecule has 0 radical (unpaired) electrons.